The summed E-state index contributed by atoms with van der Waals surface area (Å²) in [5.41, 5.74) is 1.78. The molecule has 2 N–H and O–H groups in total. The van der Waals surface area contributed by atoms with Gasteiger partial charge in [0.1, 0.15) is 5.82 Å². The minimum atomic E-state index is -0.516. The third-order valence-electron chi connectivity index (χ3n) is 4.01. The number of benzene rings is 1. The molecule has 0 unspecified atom stereocenters. The third kappa shape index (κ3) is 8.00. The number of hydrogen-bond donors (Lipinski definition) is 2. The van der Waals surface area contributed by atoms with Gasteiger partial charge in [-0.25, -0.2) is 4.39 Å². The van der Waals surface area contributed by atoms with Gasteiger partial charge < -0.3 is 4.74 Å². The second kappa shape index (κ2) is 16.8. The number of rotatable bonds is 7. The molecule has 1 heterocycles. The van der Waals surface area contributed by atoms with Gasteiger partial charge in [-0.3, -0.25) is 15.8 Å². The van der Waals surface area contributed by atoms with Crippen LogP contribution in [0.15, 0.2) is 90.7 Å². The van der Waals surface area contributed by atoms with Crippen molar-refractivity contribution < 1.29 is 9.13 Å². The molecule has 0 fully saturated rings. The normalized spacial score (nSPS) is 11.3. The van der Waals surface area contributed by atoms with Gasteiger partial charge in [-0.15, -0.1) is 0 Å². The van der Waals surface area contributed by atoms with Crippen LogP contribution in [0.1, 0.15) is 32.0 Å². The predicted molar refractivity (Wildman–Crippen MR) is 144 cm³/mol. The lowest BCUT2D eigenvalue weighted by atomic mass is 9.89. The first-order valence-electron chi connectivity index (χ1n) is 10.0. The van der Waals surface area contributed by atoms with Crippen molar-refractivity contribution in [2.45, 2.75) is 20.8 Å². The monoisotopic (exact) mass is 547 g/mol. The number of nitrogens with zero attached hydrogens (tertiary/aromatic N) is 1. The van der Waals surface area contributed by atoms with Crippen molar-refractivity contribution in [1.82, 2.24) is 4.98 Å². The van der Waals surface area contributed by atoms with Crippen LogP contribution in [0.25, 0.3) is 5.57 Å². The fourth-order valence-corrected chi connectivity index (χ4v) is 2.68. The summed E-state index contributed by atoms with van der Waals surface area (Å²) < 4.78 is 19.6. The highest BCUT2D eigenvalue weighted by Gasteiger charge is 2.24. The van der Waals surface area contributed by atoms with E-state index in [4.69, 9.17) is 15.6 Å². The summed E-state index contributed by atoms with van der Waals surface area (Å²) in [6.07, 6.45) is 8.46. The molecule has 2 rings (SSSR count). The maximum absolute atomic E-state index is 14.5. The van der Waals surface area contributed by atoms with Crippen LogP contribution < -0.4 is 0 Å². The number of hydrogen-bond acceptors (Lipinski definition) is 4. The number of methoxy groups -OCH3 is 1. The van der Waals surface area contributed by atoms with E-state index < -0.39 is 5.82 Å². The van der Waals surface area contributed by atoms with E-state index in [1.807, 2.05) is 25.7 Å². The molecular weight excluding hydrogens is 516 g/mol. The van der Waals surface area contributed by atoms with Crippen LogP contribution >= 0.6 is 22.6 Å². The molecule has 1 aromatic heterocycles. The molecule has 0 saturated heterocycles. The Morgan fingerprint density at radius 3 is 2.22 bits per heavy atom. The van der Waals surface area contributed by atoms with Gasteiger partial charge in [-0.1, -0.05) is 85.5 Å². The highest BCUT2D eigenvalue weighted by Crippen LogP contribution is 2.29. The lowest BCUT2D eigenvalue weighted by Gasteiger charge is -2.18. The molecule has 170 valence electrons. The van der Waals surface area contributed by atoms with E-state index in [0.717, 1.165) is 0 Å². The van der Waals surface area contributed by atoms with Crippen molar-refractivity contribution in [2.24, 2.45) is 0 Å². The number of pyridine rings is 1. The highest BCUT2D eigenvalue weighted by molar-refractivity contribution is 14.1. The van der Waals surface area contributed by atoms with Crippen LogP contribution in [0.5, 0.6) is 0 Å². The molecule has 0 atom stereocenters. The van der Waals surface area contributed by atoms with Crippen molar-refractivity contribution >= 4 is 39.8 Å². The first kappa shape index (κ1) is 29.1. The van der Waals surface area contributed by atoms with Crippen LogP contribution in [0.3, 0.4) is 0 Å². The summed E-state index contributed by atoms with van der Waals surface area (Å²) in [4.78, 5) is 6.29. The lowest BCUT2D eigenvalue weighted by molar-refractivity contribution is 0.405. The topological polar surface area (TPSA) is 69.8 Å². The zero-order chi connectivity index (χ0) is 24.5. The van der Waals surface area contributed by atoms with Crippen LogP contribution in [-0.2, 0) is 4.74 Å². The molecule has 0 aliphatic carbocycles. The van der Waals surface area contributed by atoms with E-state index in [-0.39, 0.29) is 17.2 Å². The quantitative estimate of drug-likeness (QED) is 0.124. The lowest BCUT2D eigenvalue weighted by Crippen LogP contribution is -2.16. The van der Waals surface area contributed by atoms with E-state index in [1.165, 1.54) is 19.2 Å². The number of ether oxygens (including phenoxy) is 1. The summed E-state index contributed by atoms with van der Waals surface area (Å²) >= 11 is 2.15. The average Bonchev–Trinajstić information content (AvgIpc) is 2.86. The molecule has 6 heteroatoms. The summed E-state index contributed by atoms with van der Waals surface area (Å²) in [5, 5.41) is 17.1. The molecule has 0 saturated carbocycles. The fraction of sp³-hybridized carbons (Fsp3) is 0.192. The Morgan fingerprint density at radius 1 is 1.09 bits per heavy atom. The van der Waals surface area contributed by atoms with E-state index in [1.54, 1.807) is 60.8 Å². The maximum atomic E-state index is 14.5. The Labute approximate surface area is 204 Å². The van der Waals surface area contributed by atoms with Crippen LogP contribution in [0, 0.1) is 16.6 Å². The van der Waals surface area contributed by atoms with Crippen molar-refractivity contribution in [3.63, 3.8) is 0 Å². The molecule has 0 amide bonds. The molecule has 0 aliphatic rings. The van der Waals surface area contributed by atoms with Crippen molar-refractivity contribution in [2.75, 3.05) is 12.0 Å². The Morgan fingerprint density at radius 2 is 1.72 bits per heavy atom. The first-order valence-corrected chi connectivity index (χ1v) is 12.2. The SMILES string of the molecule is C=C\C=C/C(=C\C)C(/C(=N)c1ccccc1F)=C(/C(=N)OC)c1ccccn1.CC.CI. The number of alkyl halides is 1. The van der Waals surface area contributed by atoms with Crippen LogP contribution in [0.4, 0.5) is 4.39 Å². The molecule has 0 spiro atoms. The Balaban J connectivity index is 0.00000227. The molecular formula is C26H31FIN3O. The van der Waals surface area contributed by atoms with Gasteiger partial charge in [0.2, 0.25) is 5.90 Å². The van der Waals surface area contributed by atoms with E-state index in [9.17, 15) is 4.39 Å². The van der Waals surface area contributed by atoms with Gasteiger partial charge in [0.15, 0.2) is 0 Å². The van der Waals surface area contributed by atoms with E-state index in [2.05, 4.69) is 34.2 Å². The summed E-state index contributed by atoms with van der Waals surface area (Å²) in [6.45, 7) is 9.48. The molecule has 0 radical (unpaired) electrons. The van der Waals surface area contributed by atoms with Crippen molar-refractivity contribution in [3.05, 3.63) is 108 Å². The van der Waals surface area contributed by atoms with Gasteiger partial charge in [0.25, 0.3) is 0 Å². The second-order valence-electron chi connectivity index (χ2n) is 5.69. The molecule has 2 aromatic rings. The Kier molecular flexibility index (Phi) is 15.3. The molecule has 1 aromatic carbocycles. The highest BCUT2D eigenvalue weighted by atomic mass is 127. The van der Waals surface area contributed by atoms with Crippen molar-refractivity contribution in [3.8, 4) is 0 Å². The van der Waals surface area contributed by atoms with Gasteiger partial charge in [0, 0.05) is 17.3 Å². The molecule has 32 heavy (non-hydrogen) atoms. The zero-order valence-electron chi connectivity index (χ0n) is 19.2. The van der Waals surface area contributed by atoms with E-state index >= 15 is 0 Å². The van der Waals surface area contributed by atoms with E-state index in [0.29, 0.717) is 22.4 Å². The largest absolute Gasteiger partial charge is 0.481 e. The van der Waals surface area contributed by atoms with Crippen LogP contribution in [-0.4, -0.2) is 28.6 Å². The fourth-order valence-electron chi connectivity index (χ4n) is 2.68. The molecule has 0 aliphatic heterocycles. The third-order valence-corrected chi connectivity index (χ3v) is 4.01. The van der Waals surface area contributed by atoms with Gasteiger partial charge in [-0.05, 0) is 41.7 Å². The standard InChI is InChI=1S/C23H22FN3O.C2H6.CH3I/c1-4-6-11-16(5-2)20(22(25)17-12-7-8-13-18(17)24)21(23(26)28-3)19-14-9-10-15-27-19;2*1-2/h4-15,25-26H,1H2,2-3H3;1-2H3;1H3/b11-6-,16-5+,21-20-,25-22?,26-23?;;. The number of halogens is 2. The summed E-state index contributed by atoms with van der Waals surface area (Å²) in [5.74, 6) is -0.682. The number of aromatic nitrogens is 1. The minimum Gasteiger partial charge on any atom is -0.481 e. The smallest absolute Gasteiger partial charge is 0.215 e. The number of allylic oxidation sites excluding steroid dienone is 6. The summed E-state index contributed by atoms with van der Waals surface area (Å²) in [6, 6.07) is 11.3. The molecule has 4 nitrogen and oxygen atoms in total. The average molecular weight is 547 g/mol. The first-order chi connectivity index (χ1) is 15.5. The van der Waals surface area contributed by atoms with Gasteiger partial charge in [-0.2, -0.15) is 0 Å². The predicted octanol–water partition coefficient (Wildman–Crippen LogP) is 7.43. The summed E-state index contributed by atoms with van der Waals surface area (Å²) in [7, 11) is 1.38. The van der Waals surface area contributed by atoms with Gasteiger partial charge >= 0.3 is 0 Å². The zero-order valence-corrected chi connectivity index (χ0v) is 21.4. The second-order valence-corrected chi connectivity index (χ2v) is 5.69. The van der Waals surface area contributed by atoms with Crippen LogP contribution in [0.2, 0.25) is 0 Å². The number of nitrogens with one attached hydrogen (secondary N) is 2. The Bertz CT molecular complexity index is 980. The minimum absolute atomic E-state index is 0.0673. The maximum Gasteiger partial charge on any atom is 0.215 e. The van der Waals surface area contributed by atoms with Gasteiger partial charge in [0.05, 0.1) is 24.1 Å². The van der Waals surface area contributed by atoms with Crippen molar-refractivity contribution in [1.29, 1.82) is 10.8 Å². The molecule has 0 bridgehead atoms. The Hall–Kier alpha value is -2.87.